The van der Waals surface area contributed by atoms with Gasteiger partial charge in [-0.2, -0.15) is 6.57 Å². The first-order valence-electron chi connectivity index (χ1n) is 8.02. The van der Waals surface area contributed by atoms with Gasteiger partial charge in [-0.25, -0.2) is 0 Å². The van der Waals surface area contributed by atoms with Crippen LogP contribution in [0.4, 0.5) is 0 Å². The fraction of sp³-hybridized carbons (Fsp3) is 0.300. The predicted octanol–water partition coefficient (Wildman–Crippen LogP) is 5.19. The lowest BCUT2D eigenvalue weighted by Gasteiger charge is -2.26. The van der Waals surface area contributed by atoms with Gasteiger partial charge in [-0.1, -0.05) is 46.3 Å². The van der Waals surface area contributed by atoms with E-state index in [0.29, 0.717) is 0 Å². The van der Waals surface area contributed by atoms with Crippen LogP contribution in [0, 0.1) is 12.0 Å². The van der Waals surface area contributed by atoms with Crippen LogP contribution in [0.1, 0.15) is 35.1 Å². The lowest BCUT2D eigenvalue weighted by molar-refractivity contribution is 0.375. The Morgan fingerprint density at radius 3 is 2.35 bits per heavy atom. The zero-order chi connectivity index (χ0) is 15.9. The van der Waals surface area contributed by atoms with Crippen molar-refractivity contribution >= 4 is 21.6 Å². The molecule has 114 valence electrons. The lowest BCUT2D eigenvalue weighted by atomic mass is 9.76. The zero-order valence-corrected chi connectivity index (χ0v) is 14.4. The highest BCUT2D eigenvalue weighted by molar-refractivity contribution is 9.10. The SMILES string of the molecule is [C-]#[N+]/N=C1\c2cc(Br)ccc2CC12CCc1ccccc1CC2. The molecule has 2 nitrogen and oxygen atoms in total. The molecule has 2 aromatic carbocycles. The number of benzene rings is 2. The number of hydrogen-bond acceptors (Lipinski definition) is 1. The fourth-order valence-corrected chi connectivity index (χ4v) is 4.56. The Labute approximate surface area is 145 Å². The standard InChI is InChI=1S/C20H17BrN2/c1-22-23-19-18-12-17(21)7-6-16(18)13-20(19)10-8-14-4-2-3-5-15(14)9-11-20/h2-7,12H,8-11,13H2/b23-19+. The molecule has 0 N–H and O–H groups in total. The van der Waals surface area contributed by atoms with Gasteiger partial charge in [0.15, 0.2) is 0 Å². The summed E-state index contributed by atoms with van der Waals surface area (Å²) in [6.45, 7) is 7.27. The third-order valence-corrected chi connectivity index (χ3v) is 5.87. The largest absolute Gasteiger partial charge is 0.181 e. The molecule has 3 heteroatoms. The molecule has 2 aliphatic rings. The van der Waals surface area contributed by atoms with Gasteiger partial charge in [0.1, 0.15) is 5.71 Å². The fourth-order valence-electron chi connectivity index (χ4n) is 4.20. The van der Waals surface area contributed by atoms with Gasteiger partial charge in [-0.05, 0) is 60.9 Å². The van der Waals surface area contributed by atoms with Crippen LogP contribution >= 0.6 is 15.9 Å². The quantitative estimate of drug-likeness (QED) is 0.451. The summed E-state index contributed by atoms with van der Waals surface area (Å²) in [4.78, 5) is 3.40. The molecule has 0 aromatic heterocycles. The lowest BCUT2D eigenvalue weighted by Crippen LogP contribution is -2.29. The average Bonchev–Trinajstić information content (AvgIpc) is 2.73. The van der Waals surface area contributed by atoms with E-state index in [1.54, 1.807) is 0 Å². The molecule has 0 bridgehead atoms. The minimum Gasteiger partial charge on any atom is -0.181 e. The van der Waals surface area contributed by atoms with Crippen LogP contribution < -0.4 is 0 Å². The van der Waals surface area contributed by atoms with Gasteiger partial charge in [-0.3, -0.25) is 0 Å². The van der Waals surface area contributed by atoms with E-state index in [9.17, 15) is 0 Å². The van der Waals surface area contributed by atoms with E-state index in [1.165, 1.54) is 22.3 Å². The Kier molecular flexibility index (Phi) is 3.58. The third-order valence-electron chi connectivity index (χ3n) is 5.37. The number of nitrogens with zero attached hydrogens (tertiary/aromatic N) is 2. The summed E-state index contributed by atoms with van der Waals surface area (Å²) in [6.07, 6.45) is 5.30. The number of rotatable bonds is 0. The first kappa shape index (κ1) is 14.7. The second-order valence-electron chi connectivity index (χ2n) is 6.58. The molecule has 0 fully saturated rings. The van der Waals surface area contributed by atoms with Gasteiger partial charge in [0.2, 0.25) is 0 Å². The molecule has 0 heterocycles. The number of fused-ring (bicyclic) bond motifs is 2. The molecule has 1 spiro atoms. The Morgan fingerprint density at radius 1 is 1.00 bits per heavy atom. The highest BCUT2D eigenvalue weighted by Crippen LogP contribution is 2.47. The van der Waals surface area contributed by atoms with E-state index in [2.05, 4.69) is 68.4 Å². The first-order valence-corrected chi connectivity index (χ1v) is 8.82. The van der Waals surface area contributed by atoms with Crippen LogP contribution in [0.3, 0.4) is 0 Å². The topological polar surface area (TPSA) is 16.7 Å². The van der Waals surface area contributed by atoms with Crippen LogP contribution in [-0.2, 0) is 19.3 Å². The van der Waals surface area contributed by atoms with Crippen LogP contribution in [0.2, 0.25) is 0 Å². The van der Waals surface area contributed by atoms with Crippen molar-refractivity contribution in [1.82, 2.24) is 0 Å². The summed E-state index contributed by atoms with van der Waals surface area (Å²) in [5.41, 5.74) is 6.46. The summed E-state index contributed by atoms with van der Waals surface area (Å²) >= 11 is 3.56. The summed E-state index contributed by atoms with van der Waals surface area (Å²) in [5, 5.41) is 4.27. The van der Waals surface area contributed by atoms with Gasteiger partial charge >= 0.3 is 0 Å². The van der Waals surface area contributed by atoms with Crippen LogP contribution in [0.25, 0.3) is 4.95 Å². The van der Waals surface area contributed by atoms with Gasteiger partial charge in [0, 0.05) is 15.5 Å². The van der Waals surface area contributed by atoms with Gasteiger partial charge in [-0.15, -0.1) is 4.95 Å². The predicted molar refractivity (Wildman–Crippen MR) is 96.5 cm³/mol. The van der Waals surface area contributed by atoms with Crippen LogP contribution in [-0.4, -0.2) is 5.71 Å². The molecule has 23 heavy (non-hydrogen) atoms. The van der Waals surface area contributed by atoms with E-state index in [0.717, 1.165) is 42.3 Å². The molecule has 4 rings (SSSR count). The molecular weight excluding hydrogens is 348 g/mol. The Hall–Kier alpha value is -1.92. The van der Waals surface area contributed by atoms with Crippen molar-refractivity contribution in [1.29, 1.82) is 0 Å². The zero-order valence-electron chi connectivity index (χ0n) is 12.8. The molecule has 0 atom stereocenters. The second kappa shape index (κ2) is 5.62. The second-order valence-corrected chi connectivity index (χ2v) is 7.49. The normalized spacial score (nSPS) is 19.9. The maximum absolute atomic E-state index is 7.27. The highest BCUT2D eigenvalue weighted by atomic mass is 79.9. The molecule has 0 saturated heterocycles. The van der Waals surface area contributed by atoms with Crippen molar-refractivity contribution in [2.45, 2.75) is 32.1 Å². The minimum atomic E-state index is 0.0205. The number of halogens is 1. The molecule has 0 aliphatic heterocycles. The van der Waals surface area contributed by atoms with Crippen molar-refractivity contribution < 1.29 is 0 Å². The number of hydrogen-bond donors (Lipinski definition) is 0. The molecule has 0 radical (unpaired) electrons. The van der Waals surface area contributed by atoms with E-state index < -0.39 is 0 Å². The summed E-state index contributed by atoms with van der Waals surface area (Å²) in [7, 11) is 0. The van der Waals surface area contributed by atoms with Crippen molar-refractivity contribution in [2.24, 2.45) is 10.5 Å². The molecular formula is C20H17BrN2. The molecule has 2 aliphatic carbocycles. The molecule has 0 amide bonds. The monoisotopic (exact) mass is 364 g/mol. The van der Waals surface area contributed by atoms with Crippen molar-refractivity contribution in [3.63, 3.8) is 0 Å². The minimum absolute atomic E-state index is 0.0205. The smallest absolute Gasteiger partial charge is 0.137 e. The number of aryl methyl sites for hydroxylation is 2. The maximum Gasteiger partial charge on any atom is 0.137 e. The first-order chi connectivity index (χ1) is 11.2. The Morgan fingerprint density at radius 2 is 1.70 bits per heavy atom. The summed E-state index contributed by atoms with van der Waals surface area (Å²) in [5.74, 6) is 0. The van der Waals surface area contributed by atoms with E-state index >= 15 is 0 Å². The van der Waals surface area contributed by atoms with Crippen molar-refractivity contribution in [2.75, 3.05) is 0 Å². The van der Waals surface area contributed by atoms with Gasteiger partial charge in [0.25, 0.3) is 0 Å². The van der Waals surface area contributed by atoms with Crippen LogP contribution in [0.5, 0.6) is 0 Å². The molecule has 0 unspecified atom stereocenters. The molecule has 0 saturated carbocycles. The van der Waals surface area contributed by atoms with Crippen LogP contribution in [0.15, 0.2) is 52.0 Å². The van der Waals surface area contributed by atoms with Gasteiger partial charge in [0.05, 0.1) is 5.10 Å². The highest BCUT2D eigenvalue weighted by Gasteiger charge is 2.45. The Bertz CT molecular complexity index is 818. The van der Waals surface area contributed by atoms with E-state index in [4.69, 9.17) is 6.57 Å². The third kappa shape index (κ3) is 2.42. The van der Waals surface area contributed by atoms with E-state index in [-0.39, 0.29) is 5.41 Å². The van der Waals surface area contributed by atoms with Crippen molar-refractivity contribution in [3.05, 3.63) is 80.7 Å². The maximum atomic E-state index is 7.27. The summed E-state index contributed by atoms with van der Waals surface area (Å²) < 4.78 is 1.06. The van der Waals surface area contributed by atoms with Crippen molar-refractivity contribution in [3.8, 4) is 0 Å². The average molecular weight is 365 g/mol. The van der Waals surface area contributed by atoms with Gasteiger partial charge < -0.3 is 0 Å². The molecule has 2 aromatic rings. The van der Waals surface area contributed by atoms with E-state index in [1.807, 2.05) is 0 Å². The summed E-state index contributed by atoms with van der Waals surface area (Å²) in [6, 6.07) is 15.2. The Balaban J connectivity index is 1.78.